The van der Waals surface area contributed by atoms with Crippen molar-refractivity contribution in [2.45, 2.75) is 0 Å². The molecule has 0 aliphatic heterocycles. The molecule has 0 unspecified atom stereocenters. The quantitative estimate of drug-likeness (QED) is 0.831. The molecule has 2 rings (SSSR count). The molecule has 1 aromatic carbocycles. The third-order valence-corrected chi connectivity index (χ3v) is 3.07. The molecule has 0 spiro atoms. The first-order chi connectivity index (χ1) is 10.2. The van der Waals surface area contributed by atoms with Gasteiger partial charge in [0.1, 0.15) is 6.07 Å². The van der Waals surface area contributed by atoms with Crippen molar-refractivity contribution < 1.29 is 4.79 Å². The average molecular weight is 301 g/mol. The molecule has 0 radical (unpaired) electrons. The van der Waals surface area contributed by atoms with Crippen LogP contribution in [0.1, 0.15) is 15.9 Å². The molecule has 2 aromatic rings. The first kappa shape index (κ1) is 14.8. The summed E-state index contributed by atoms with van der Waals surface area (Å²) in [5.41, 5.74) is 1.76. The maximum absolute atomic E-state index is 11.8. The summed E-state index contributed by atoms with van der Waals surface area (Å²) in [6, 6.07) is 10.5. The summed E-state index contributed by atoms with van der Waals surface area (Å²) >= 11 is 5.93. The molecule has 2 N–H and O–H groups in total. The third kappa shape index (κ3) is 4.20. The fourth-order valence-electron chi connectivity index (χ4n) is 1.70. The SMILES string of the molecule is N#Cc1ccc(NCCNC(=O)c2cccnc2)cc1Cl. The van der Waals surface area contributed by atoms with Crippen molar-refractivity contribution in [3.8, 4) is 6.07 Å². The van der Waals surface area contributed by atoms with Crippen LogP contribution < -0.4 is 10.6 Å². The maximum atomic E-state index is 11.8. The van der Waals surface area contributed by atoms with Crippen LogP contribution in [0.25, 0.3) is 0 Å². The Balaban J connectivity index is 1.79. The van der Waals surface area contributed by atoms with Gasteiger partial charge in [-0.25, -0.2) is 0 Å². The van der Waals surface area contributed by atoms with Crippen LogP contribution in [0, 0.1) is 11.3 Å². The number of halogens is 1. The van der Waals surface area contributed by atoms with Gasteiger partial charge in [0.15, 0.2) is 0 Å². The molecule has 0 fully saturated rings. The van der Waals surface area contributed by atoms with E-state index in [1.165, 1.54) is 6.20 Å². The van der Waals surface area contributed by atoms with Gasteiger partial charge >= 0.3 is 0 Å². The van der Waals surface area contributed by atoms with E-state index in [9.17, 15) is 4.79 Å². The first-order valence-electron chi connectivity index (χ1n) is 6.32. The third-order valence-electron chi connectivity index (χ3n) is 2.75. The maximum Gasteiger partial charge on any atom is 0.252 e. The van der Waals surface area contributed by atoms with Crippen LogP contribution in [-0.2, 0) is 0 Å². The fourth-order valence-corrected chi connectivity index (χ4v) is 1.92. The fraction of sp³-hybridized carbons (Fsp3) is 0.133. The lowest BCUT2D eigenvalue weighted by Gasteiger charge is -2.08. The minimum atomic E-state index is -0.164. The van der Waals surface area contributed by atoms with Crippen LogP contribution in [0.5, 0.6) is 0 Å². The Kier molecular flexibility index (Phi) is 5.13. The molecule has 0 aliphatic rings. The summed E-state index contributed by atoms with van der Waals surface area (Å²) in [4.78, 5) is 15.6. The van der Waals surface area contributed by atoms with Crippen molar-refractivity contribution >= 4 is 23.2 Å². The number of benzene rings is 1. The normalized spacial score (nSPS) is 9.71. The molecule has 0 bridgehead atoms. The number of hydrogen-bond acceptors (Lipinski definition) is 4. The van der Waals surface area contributed by atoms with Crippen LogP contribution in [0.15, 0.2) is 42.7 Å². The number of carbonyl (C=O) groups is 1. The van der Waals surface area contributed by atoms with E-state index in [0.717, 1.165) is 5.69 Å². The van der Waals surface area contributed by atoms with Crippen molar-refractivity contribution in [1.29, 1.82) is 5.26 Å². The lowest BCUT2D eigenvalue weighted by molar-refractivity contribution is 0.0955. The second-order valence-corrected chi connectivity index (χ2v) is 4.64. The number of nitrogens with zero attached hydrogens (tertiary/aromatic N) is 2. The molecule has 1 heterocycles. The van der Waals surface area contributed by atoms with Gasteiger partial charge in [-0.1, -0.05) is 11.6 Å². The minimum Gasteiger partial charge on any atom is -0.383 e. The number of carbonyl (C=O) groups excluding carboxylic acids is 1. The monoisotopic (exact) mass is 300 g/mol. The van der Waals surface area contributed by atoms with Crippen molar-refractivity contribution in [2.24, 2.45) is 0 Å². The van der Waals surface area contributed by atoms with Crippen LogP contribution in [0.2, 0.25) is 5.02 Å². The molecular weight excluding hydrogens is 288 g/mol. The zero-order chi connectivity index (χ0) is 15.1. The Morgan fingerprint density at radius 1 is 1.33 bits per heavy atom. The number of anilines is 1. The number of aromatic nitrogens is 1. The summed E-state index contributed by atoms with van der Waals surface area (Å²) in [6.45, 7) is 1.01. The highest BCUT2D eigenvalue weighted by molar-refractivity contribution is 6.32. The Hall–Kier alpha value is -2.58. The van der Waals surface area contributed by atoms with E-state index in [4.69, 9.17) is 16.9 Å². The summed E-state index contributed by atoms with van der Waals surface area (Å²) < 4.78 is 0. The average Bonchev–Trinajstić information content (AvgIpc) is 2.52. The molecule has 0 atom stereocenters. The van der Waals surface area contributed by atoms with E-state index in [-0.39, 0.29) is 5.91 Å². The van der Waals surface area contributed by atoms with Crippen LogP contribution in [-0.4, -0.2) is 24.0 Å². The Morgan fingerprint density at radius 2 is 2.19 bits per heavy atom. The zero-order valence-corrected chi connectivity index (χ0v) is 11.9. The van der Waals surface area contributed by atoms with Gasteiger partial charge in [0.2, 0.25) is 0 Å². The van der Waals surface area contributed by atoms with Crippen LogP contribution >= 0.6 is 11.6 Å². The van der Waals surface area contributed by atoms with Crippen molar-refractivity contribution in [2.75, 3.05) is 18.4 Å². The Bertz CT molecular complexity index is 667. The van der Waals surface area contributed by atoms with Gasteiger partial charge in [0, 0.05) is 31.2 Å². The number of nitriles is 1. The lowest BCUT2D eigenvalue weighted by Crippen LogP contribution is -2.28. The number of amides is 1. The first-order valence-corrected chi connectivity index (χ1v) is 6.70. The minimum absolute atomic E-state index is 0.164. The molecule has 5 nitrogen and oxygen atoms in total. The molecule has 0 aliphatic carbocycles. The Morgan fingerprint density at radius 3 is 2.86 bits per heavy atom. The highest BCUT2D eigenvalue weighted by atomic mass is 35.5. The largest absolute Gasteiger partial charge is 0.383 e. The van der Waals surface area contributed by atoms with E-state index in [1.54, 1.807) is 36.5 Å². The molecule has 1 amide bonds. The molecular formula is C15H13ClN4O. The topological polar surface area (TPSA) is 77.8 Å². The Labute approximate surface area is 127 Å². The van der Waals surface area contributed by atoms with Crippen molar-refractivity contribution in [3.63, 3.8) is 0 Å². The van der Waals surface area contributed by atoms with E-state index < -0.39 is 0 Å². The highest BCUT2D eigenvalue weighted by Crippen LogP contribution is 2.19. The second-order valence-electron chi connectivity index (χ2n) is 4.23. The summed E-state index contributed by atoms with van der Waals surface area (Å²) in [5, 5.41) is 15.1. The predicted molar refractivity (Wildman–Crippen MR) is 81.2 cm³/mol. The van der Waals surface area contributed by atoms with Crippen LogP contribution in [0.3, 0.4) is 0 Å². The van der Waals surface area contributed by atoms with E-state index in [0.29, 0.717) is 29.2 Å². The summed E-state index contributed by atoms with van der Waals surface area (Å²) in [5.74, 6) is -0.164. The van der Waals surface area contributed by atoms with Gasteiger partial charge in [0.25, 0.3) is 5.91 Å². The van der Waals surface area contributed by atoms with E-state index in [2.05, 4.69) is 15.6 Å². The summed E-state index contributed by atoms with van der Waals surface area (Å²) in [6.07, 6.45) is 3.14. The van der Waals surface area contributed by atoms with Gasteiger partial charge in [-0.05, 0) is 30.3 Å². The molecule has 21 heavy (non-hydrogen) atoms. The molecule has 106 valence electrons. The number of pyridine rings is 1. The standard InChI is InChI=1S/C15H13ClN4O/c16-14-8-13(4-3-11(14)9-17)19-6-7-20-15(21)12-2-1-5-18-10-12/h1-5,8,10,19H,6-7H2,(H,20,21). The number of nitrogens with one attached hydrogen (secondary N) is 2. The molecule has 6 heteroatoms. The highest BCUT2D eigenvalue weighted by Gasteiger charge is 2.04. The van der Waals surface area contributed by atoms with Gasteiger partial charge in [-0.2, -0.15) is 5.26 Å². The van der Waals surface area contributed by atoms with Gasteiger partial charge in [-0.15, -0.1) is 0 Å². The van der Waals surface area contributed by atoms with E-state index >= 15 is 0 Å². The lowest BCUT2D eigenvalue weighted by atomic mass is 10.2. The van der Waals surface area contributed by atoms with E-state index in [1.807, 2.05) is 6.07 Å². The van der Waals surface area contributed by atoms with Crippen LogP contribution in [0.4, 0.5) is 5.69 Å². The van der Waals surface area contributed by atoms with Crippen molar-refractivity contribution in [3.05, 3.63) is 58.9 Å². The van der Waals surface area contributed by atoms with Gasteiger partial charge < -0.3 is 10.6 Å². The van der Waals surface area contributed by atoms with Crippen molar-refractivity contribution in [1.82, 2.24) is 10.3 Å². The van der Waals surface area contributed by atoms with Gasteiger partial charge in [-0.3, -0.25) is 9.78 Å². The summed E-state index contributed by atoms with van der Waals surface area (Å²) in [7, 11) is 0. The molecule has 0 saturated carbocycles. The number of rotatable bonds is 5. The second kappa shape index (κ2) is 7.27. The zero-order valence-electron chi connectivity index (χ0n) is 11.1. The predicted octanol–water partition coefficient (Wildman–Crippen LogP) is 2.45. The van der Waals surface area contributed by atoms with Gasteiger partial charge in [0.05, 0.1) is 16.1 Å². The smallest absolute Gasteiger partial charge is 0.252 e. The molecule has 0 saturated heterocycles. The number of hydrogen-bond donors (Lipinski definition) is 2. The molecule has 1 aromatic heterocycles.